The SMILES string of the molecule is CC(=O)NCCNC(=O)CCC(=O)N(CC(=O)O)C(C)C. The lowest BCUT2D eigenvalue weighted by Gasteiger charge is -2.24. The summed E-state index contributed by atoms with van der Waals surface area (Å²) in [6.07, 6.45) is -0.0564. The van der Waals surface area contributed by atoms with Crippen molar-refractivity contribution in [3.63, 3.8) is 0 Å². The lowest BCUT2D eigenvalue weighted by Crippen LogP contribution is -2.41. The minimum absolute atomic E-state index is 0.0122. The first-order valence-electron chi connectivity index (χ1n) is 6.76. The van der Waals surface area contributed by atoms with Crippen LogP contribution in [-0.2, 0) is 19.2 Å². The topological polar surface area (TPSA) is 116 Å². The molecular weight excluding hydrogens is 278 g/mol. The molecule has 0 saturated carbocycles. The third-order valence-electron chi connectivity index (χ3n) is 2.64. The standard InChI is InChI=1S/C13H23N3O5/c1-9(2)16(8-13(20)21)12(19)5-4-11(18)15-7-6-14-10(3)17/h9H,4-8H2,1-3H3,(H,14,17)(H,15,18)(H,20,21). The van der Waals surface area contributed by atoms with E-state index in [0.29, 0.717) is 6.54 Å². The fourth-order valence-corrected chi connectivity index (χ4v) is 1.60. The highest BCUT2D eigenvalue weighted by Crippen LogP contribution is 2.03. The van der Waals surface area contributed by atoms with E-state index >= 15 is 0 Å². The Hall–Kier alpha value is -2.12. The maximum atomic E-state index is 11.9. The first-order valence-corrected chi connectivity index (χ1v) is 6.76. The molecule has 0 radical (unpaired) electrons. The van der Waals surface area contributed by atoms with Gasteiger partial charge in [0, 0.05) is 38.9 Å². The van der Waals surface area contributed by atoms with E-state index in [4.69, 9.17) is 5.11 Å². The summed E-state index contributed by atoms with van der Waals surface area (Å²) in [5.41, 5.74) is 0. The Balaban J connectivity index is 4.06. The van der Waals surface area contributed by atoms with Crippen LogP contribution in [0.3, 0.4) is 0 Å². The van der Waals surface area contributed by atoms with E-state index in [1.807, 2.05) is 0 Å². The van der Waals surface area contributed by atoms with Gasteiger partial charge in [0.25, 0.3) is 0 Å². The minimum atomic E-state index is -1.09. The highest BCUT2D eigenvalue weighted by molar-refractivity contribution is 5.86. The molecule has 0 spiro atoms. The molecule has 8 heteroatoms. The zero-order chi connectivity index (χ0) is 16.4. The van der Waals surface area contributed by atoms with Crippen LogP contribution >= 0.6 is 0 Å². The molecule has 0 aliphatic carbocycles. The second kappa shape index (κ2) is 9.73. The predicted octanol–water partition coefficient (Wildman–Crippen LogP) is -0.659. The molecule has 0 unspecified atom stereocenters. The van der Waals surface area contributed by atoms with Crippen molar-refractivity contribution in [2.45, 2.75) is 39.7 Å². The van der Waals surface area contributed by atoms with Gasteiger partial charge in [0.1, 0.15) is 6.54 Å². The van der Waals surface area contributed by atoms with Gasteiger partial charge in [-0.2, -0.15) is 0 Å². The fraction of sp³-hybridized carbons (Fsp3) is 0.692. The Bertz CT molecular complexity index is 395. The molecule has 0 aromatic carbocycles. The van der Waals surface area contributed by atoms with Crippen LogP contribution in [0.25, 0.3) is 0 Å². The van der Waals surface area contributed by atoms with E-state index in [0.717, 1.165) is 0 Å². The third-order valence-corrected chi connectivity index (χ3v) is 2.64. The van der Waals surface area contributed by atoms with Crippen molar-refractivity contribution < 1.29 is 24.3 Å². The average molecular weight is 301 g/mol. The second-order valence-electron chi connectivity index (χ2n) is 4.84. The van der Waals surface area contributed by atoms with Crippen molar-refractivity contribution in [2.75, 3.05) is 19.6 Å². The number of carboxylic acids is 1. The summed E-state index contributed by atoms with van der Waals surface area (Å²) in [6, 6.07) is -0.239. The second-order valence-corrected chi connectivity index (χ2v) is 4.84. The molecule has 0 aromatic heterocycles. The van der Waals surface area contributed by atoms with E-state index in [9.17, 15) is 19.2 Å². The molecule has 3 amide bonds. The number of hydrogen-bond acceptors (Lipinski definition) is 4. The van der Waals surface area contributed by atoms with Crippen LogP contribution in [0.5, 0.6) is 0 Å². The molecular formula is C13H23N3O5. The van der Waals surface area contributed by atoms with Crippen LogP contribution in [0.4, 0.5) is 0 Å². The summed E-state index contributed by atoms with van der Waals surface area (Å²) in [4.78, 5) is 45.9. The Labute approximate surface area is 123 Å². The Morgan fingerprint density at radius 3 is 2.10 bits per heavy atom. The van der Waals surface area contributed by atoms with Crippen molar-refractivity contribution in [3.8, 4) is 0 Å². The normalized spacial score (nSPS) is 10.1. The predicted molar refractivity (Wildman–Crippen MR) is 75.4 cm³/mol. The Kier molecular flexibility index (Phi) is 8.75. The summed E-state index contributed by atoms with van der Waals surface area (Å²) in [5, 5.41) is 13.8. The average Bonchev–Trinajstić information content (AvgIpc) is 2.37. The lowest BCUT2D eigenvalue weighted by molar-refractivity contribution is -0.146. The van der Waals surface area contributed by atoms with Crippen LogP contribution in [-0.4, -0.2) is 59.4 Å². The number of carbonyl (C=O) groups is 4. The van der Waals surface area contributed by atoms with Gasteiger partial charge in [0.2, 0.25) is 17.7 Å². The van der Waals surface area contributed by atoms with E-state index < -0.39 is 5.97 Å². The number of carboxylic acid groups (broad SMARTS) is 1. The number of nitrogens with zero attached hydrogens (tertiary/aromatic N) is 1. The molecule has 0 fully saturated rings. The van der Waals surface area contributed by atoms with Gasteiger partial charge in [-0.3, -0.25) is 19.2 Å². The number of hydrogen-bond donors (Lipinski definition) is 3. The monoisotopic (exact) mass is 301 g/mol. The van der Waals surface area contributed by atoms with Crippen LogP contribution in [0.15, 0.2) is 0 Å². The van der Waals surface area contributed by atoms with Gasteiger partial charge in [0.15, 0.2) is 0 Å². The number of rotatable bonds is 9. The van der Waals surface area contributed by atoms with Crippen LogP contribution in [0.1, 0.15) is 33.6 Å². The van der Waals surface area contributed by atoms with Crippen molar-refractivity contribution in [1.82, 2.24) is 15.5 Å². The molecule has 0 heterocycles. The zero-order valence-corrected chi connectivity index (χ0v) is 12.6. The third kappa shape index (κ3) is 9.42. The maximum Gasteiger partial charge on any atom is 0.323 e. The zero-order valence-electron chi connectivity index (χ0n) is 12.6. The molecule has 21 heavy (non-hydrogen) atoms. The van der Waals surface area contributed by atoms with Crippen molar-refractivity contribution in [3.05, 3.63) is 0 Å². The molecule has 0 rings (SSSR count). The molecule has 0 saturated heterocycles. The van der Waals surface area contributed by atoms with E-state index in [1.54, 1.807) is 13.8 Å². The van der Waals surface area contributed by atoms with Crippen LogP contribution in [0.2, 0.25) is 0 Å². The number of carbonyl (C=O) groups excluding carboxylic acids is 3. The summed E-state index contributed by atoms with van der Waals surface area (Å²) < 4.78 is 0. The van der Waals surface area contributed by atoms with Crippen molar-refractivity contribution in [1.29, 1.82) is 0 Å². The molecule has 0 bridgehead atoms. The number of nitrogens with one attached hydrogen (secondary N) is 2. The highest BCUT2D eigenvalue weighted by Gasteiger charge is 2.20. The Morgan fingerprint density at radius 2 is 1.62 bits per heavy atom. The number of aliphatic carboxylic acids is 1. The summed E-state index contributed by atoms with van der Waals surface area (Å²) in [7, 11) is 0. The molecule has 3 N–H and O–H groups in total. The highest BCUT2D eigenvalue weighted by atomic mass is 16.4. The molecule has 8 nitrogen and oxygen atoms in total. The van der Waals surface area contributed by atoms with Gasteiger partial charge < -0.3 is 20.6 Å². The van der Waals surface area contributed by atoms with Crippen LogP contribution in [0, 0.1) is 0 Å². The largest absolute Gasteiger partial charge is 0.480 e. The minimum Gasteiger partial charge on any atom is -0.480 e. The summed E-state index contributed by atoms with van der Waals surface area (Å²) >= 11 is 0. The van der Waals surface area contributed by atoms with Crippen molar-refractivity contribution >= 4 is 23.7 Å². The molecule has 0 atom stereocenters. The maximum absolute atomic E-state index is 11.9. The first-order chi connectivity index (χ1) is 9.73. The smallest absolute Gasteiger partial charge is 0.323 e. The van der Waals surface area contributed by atoms with Crippen molar-refractivity contribution in [2.24, 2.45) is 0 Å². The summed E-state index contributed by atoms with van der Waals surface area (Å²) in [6.45, 7) is 5.05. The Morgan fingerprint density at radius 1 is 1.05 bits per heavy atom. The van der Waals surface area contributed by atoms with Gasteiger partial charge in [-0.15, -0.1) is 0 Å². The van der Waals surface area contributed by atoms with Gasteiger partial charge in [-0.1, -0.05) is 0 Å². The van der Waals surface area contributed by atoms with Crippen LogP contribution < -0.4 is 10.6 Å². The fourth-order valence-electron chi connectivity index (χ4n) is 1.60. The van der Waals surface area contributed by atoms with Gasteiger partial charge in [0.05, 0.1) is 0 Å². The molecule has 120 valence electrons. The van der Waals surface area contributed by atoms with E-state index in [2.05, 4.69) is 10.6 Å². The quantitative estimate of drug-likeness (QED) is 0.489. The molecule has 0 aliphatic heterocycles. The van der Waals surface area contributed by atoms with E-state index in [-0.39, 0.29) is 49.7 Å². The summed E-state index contributed by atoms with van der Waals surface area (Å²) in [5.74, 6) is -1.95. The van der Waals surface area contributed by atoms with Gasteiger partial charge in [-0.05, 0) is 13.8 Å². The molecule has 0 aromatic rings. The number of amides is 3. The van der Waals surface area contributed by atoms with Gasteiger partial charge in [-0.25, -0.2) is 0 Å². The van der Waals surface area contributed by atoms with Gasteiger partial charge >= 0.3 is 5.97 Å². The van der Waals surface area contributed by atoms with E-state index in [1.165, 1.54) is 11.8 Å². The first kappa shape index (κ1) is 18.9. The lowest BCUT2D eigenvalue weighted by atomic mass is 10.2. The molecule has 0 aliphatic rings.